The van der Waals surface area contributed by atoms with Gasteiger partial charge in [0.25, 0.3) is 0 Å². The monoisotopic (exact) mass is 333 g/mol. The average Bonchev–Trinajstić information content (AvgIpc) is 2.45. The molecule has 1 N–H and O–H groups in total. The highest BCUT2D eigenvalue weighted by Gasteiger charge is 2.05. The van der Waals surface area contributed by atoms with Gasteiger partial charge in [0.05, 0.1) is 12.3 Å². The number of hydrogen-bond acceptors (Lipinski definition) is 2. The Kier molecular flexibility index (Phi) is 5.48. The van der Waals surface area contributed by atoms with Crippen LogP contribution in [0.1, 0.15) is 24.5 Å². The zero-order valence-electron chi connectivity index (χ0n) is 11.9. The van der Waals surface area contributed by atoms with Crippen molar-refractivity contribution in [3.05, 3.63) is 58.1 Å². The van der Waals surface area contributed by atoms with Crippen LogP contribution < -0.4 is 10.1 Å². The number of ether oxygens (including phenoxy) is 1. The van der Waals surface area contributed by atoms with Crippen LogP contribution >= 0.6 is 15.9 Å². The molecule has 0 fully saturated rings. The third-order valence-electron chi connectivity index (χ3n) is 3.03. The number of halogens is 1. The lowest BCUT2D eigenvalue weighted by Gasteiger charge is -2.14. The van der Waals surface area contributed by atoms with E-state index in [-0.39, 0.29) is 0 Å². The molecule has 2 nitrogen and oxygen atoms in total. The van der Waals surface area contributed by atoms with Gasteiger partial charge in [0.15, 0.2) is 0 Å². The Bertz CT molecular complexity index is 569. The van der Waals surface area contributed by atoms with Crippen LogP contribution in [0.5, 0.6) is 5.75 Å². The SMILES string of the molecule is CCCOc1cc(C)ccc1NCc1ccccc1Br. The molecule has 2 rings (SSSR count). The number of anilines is 1. The molecule has 0 aromatic heterocycles. The minimum atomic E-state index is 0.743. The Morgan fingerprint density at radius 3 is 2.70 bits per heavy atom. The minimum absolute atomic E-state index is 0.743. The third-order valence-corrected chi connectivity index (χ3v) is 3.80. The van der Waals surface area contributed by atoms with E-state index in [0.29, 0.717) is 0 Å². The standard InChI is InChI=1S/C17H20BrNO/c1-3-10-20-17-11-13(2)8-9-16(17)19-12-14-6-4-5-7-15(14)18/h4-9,11,19H,3,10,12H2,1-2H3. The average molecular weight is 334 g/mol. The molecule has 0 amide bonds. The van der Waals surface area contributed by atoms with E-state index in [0.717, 1.165) is 35.5 Å². The largest absolute Gasteiger partial charge is 0.491 e. The van der Waals surface area contributed by atoms with Crippen LogP contribution in [0.3, 0.4) is 0 Å². The number of hydrogen-bond donors (Lipinski definition) is 1. The molecule has 0 saturated heterocycles. The lowest BCUT2D eigenvalue weighted by Crippen LogP contribution is -2.04. The second-order valence-electron chi connectivity index (χ2n) is 4.79. The molecule has 20 heavy (non-hydrogen) atoms. The van der Waals surface area contributed by atoms with Crippen LogP contribution in [-0.4, -0.2) is 6.61 Å². The van der Waals surface area contributed by atoms with Crippen LogP contribution in [0.2, 0.25) is 0 Å². The second-order valence-corrected chi connectivity index (χ2v) is 5.65. The first-order valence-electron chi connectivity index (χ1n) is 6.91. The van der Waals surface area contributed by atoms with Gasteiger partial charge in [-0.2, -0.15) is 0 Å². The fourth-order valence-corrected chi connectivity index (χ4v) is 2.36. The maximum atomic E-state index is 5.81. The van der Waals surface area contributed by atoms with Gasteiger partial charge in [-0.1, -0.05) is 47.1 Å². The molecule has 106 valence electrons. The zero-order valence-corrected chi connectivity index (χ0v) is 13.5. The zero-order chi connectivity index (χ0) is 14.4. The second kappa shape index (κ2) is 7.34. The van der Waals surface area contributed by atoms with E-state index in [1.807, 2.05) is 12.1 Å². The van der Waals surface area contributed by atoms with Gasteiger partial charge >= 0.3 is 0 Å². The molecule has 2 aromatic rings. The van der Waals surface area contributed by atoms with Crippen molar-refractivity contribution in [2.75, 3.05) is 11.9 Å². The number of benzene rings is 2. The summed E-state index contributed by atoms with van der Waals surface area (Å²) in [6, 6.07) is 14.5. The molecular weight excluding hydrogens is 314 g/mol. The normalized spacial score (nSPS) is 10.3. The van der Waals surface area contributed by atoms with Gasteiger partial charge < -0.3 is 10.1 Å². The van der Waals surface area contributed by atoms with E-state index in [1.165, 1.54) is 11.1 Å². The first-order chi connectivity index (χ1) is 9.70. The smallest absolute Gasteiger partial charge is 0.142 e. The molecular formula is C17H20BrNO. The van der Waals surface area contributed by atoms with E-state index in [4.69, 9.17) is 4.74 Å². The molecule has 2 aromatic carbocycles. The maximum absolute atomic E-state index is 5.81. The third kappa shape index (κ3) is 4.01. The molecule has 0 heterocycles. The van der Waals surface area contributed by atoms with E-state index < -0.39 is 0 Å². The van der Waals surface area contributed by atoms with Gasteiger partial charge in [0.1, 0.15) is 5.75 Å². The Morgan fingerprint density at radius 1 is 1.15 bits per heavy atom. The molecule has 0 aliphatic carbocycles. The topological polar surface area (TPSA) is 21.3 Å². The van der Waals surface area contributed by atoms with Crippen molar-refractivity contribution in [1.82, 2.24) is 0 Å². The van der Waals surface area contributed by atoms with Crippen LogP contribution in [0.15, 0.2) is 46.9 Å². The van der Waals surface area contributed by atoms with Crippen molar-refractivity contribution in [2.45, 2.75) is 26.8 Å². The predicted molar refractivity (Wildman–Crippen MR) is 88.4 cm³/mol. The van der Waals surface area contributed by atoms with Crippen LogP contribution in [0.4, 0.5) is 5.69 Å². The maximum Gasteiger partial charge on any atom is 0.142 e. The van der Waals surface area contributed by atoms with Crippen molar-refractivity contribution in [3.63, 3.8) is 0 Å². The fourth-order valence-electron chi connectivity index (χ4n) is 1.94. The van der Waals surface area contributed by atoms with Crippen molar-refractivity contribution >= 4 is 21.6 Å². The summed E-state index contributed by atoms with van der Waals surface area (Å²) in [5.74, 6) is 0.930. The van der Waals surface area contributed by atoms with E-state index in [9.17, 15) is 0 Å². The Balaban J connectivity index is 2.10. The van der Waals surface area contributed by atoms with E-state index >= 15 is 0 Å². The summed E-state index contributed by atoms with van der Waals surface area (Å²) in [7, 11) is 0. The van der Waals surface area contributed by atoms with Crippen molar-refractivity contribution in [3.8, 4) is 5.75 Å². The summed E-state index contributed by atoms with van der Waals surface area (Å²) in [6.45, 7) is 5.71. The molecule has 0 spiro atoms. The summed E-state index contributed by atoms with van der Waals surface area (Å²) >= 11 is 3.57. The number of nitrogens with one attached hydrogen (secondary N) is 1. The van der Waals surface area contributed by atoms with Crippen molar-refractivity contribution < 1.29 is 4.74 Å². The molecule has 0 unspecified atom stereocenters. The quantitative estimate of drug-likeness (QED) is 0.788. The summed E-state index contributed by atoms with van der Waals surface area (Å²) in [6.07, 6.45) is 1.01. The van der Waals surface area contributed by atoms with Gasteiger partial charge in [0, 0.05) is 11.0 Å². The summed E-state index contributed by atoms with van der Waals surface area (Å²) in [5, 5.41) is 3.45. The highest BCUT2D eigenvalue weighted by Crippen LogP contribution is 2.27. The summed E-state index contributed by atoms with van der Waals surface area (Å²) in [4.78, 5) is 0. The highest BCUT2D eigenvalue weighted by atomic mass is 79.9. The molecule has 0 aliphatic rings. The molecule has 0 bridgehead atoms. The van der Waals surface area contributed by atoms with Gasteiger partial charge in [0.2, 0.25) is 0 Å². The van der Waals surface area contributed by atoms with Gasteiger partial charge in [-0.3, -0.25) is 0 Å². The molecule has 0 aliphatic heterocycles. The van der Waals surface area contributed by atoms with Gasteiger partial charge in [-0.05, 0) is 42.7 Å². The number of aryl methyl sites for hydroxylation is 1. The molecule has 0 saturated carbocycles. The van der Waals surface area contributed by atoms with Crippen molar-refractivity contribution in [2.24, 2.45) is 0 Å². The van der Waals surface area contributed by atoms with E-state index in [2.05, 4.69) is 65.4 Å². The van der Waals surface area contributed by atoms with Crippen LogP contribution in [0, 0.1) is 6.92 Å². The fraction of sp³-hybridized carbons (Fsp3) is 0.294. The van der Waals surface area contributed by atoms with Gasteiger partial charge in [-0.25, -0.2) is 0 Å². The van der Waals surface area contributed by atoms with Gasteiger partial charge in [-0.15, -0.1) is 0 Å². The summed E-state index contributed by atoms with van der Waals surface area (Å²) < 4.78 is 6.93. The first kappa shape index (κ1) is 14.9. The molecule has 0 radical (unpaired) electrons. The Labute approximate surface area is 129 Å². The summed E-state index contributed by atoms with van der Waals surface area (Å²) in [5.41, 5.74) is 3.48. The molecule has 3 heteroatoms. The Morgan fingerprint density at radius 2 is 1.95 bits per heavy atom. The van der Waals surface area contributed by atoms with Crippen molar-refractivity contribution in [1.29, 1.82) is 0 Å². The predicted octanol–water partition coefficient (Wildman–Crippen LogP) is 5.16. The highest BCUT2D eigenvalue weighted by molar-refractivity contribution is 9.10. The first-order valence-corrected chi connectivity index (χ1v) is 7.70. The minimum Gasteiger partial charge on any atom is -0.491 e. The molecule has 0 atom stereocenters. The lowest BCUT2D eigenvalue weighted by molar-refractivity contribution is 0.318. The Hall–Kier alpha value is -1.48. The van der Waals surface area contributed by atoms with Crippen LogP contribution in [-0.2, 0) is 6.54 Å². The van der Waals surface area contributed by atoms with E-state index in [1.54, 1.807) is 0 Å². The number of rotatable bonds is 6. The van der Waals surface area contributed by atoms with Crippen LogP contribution in [0.25, 0.3) is 0 Å². The lowest BCUT2D eigenvalue weighted by atomic mass is 10.2.